The fourth-order valence-electron chi connectivity index (χ4n) is 3.21. The average molecular weight is 405 g/mol. The average Bonchev–Trinajstić information content (AvgIpc) is 2.70. The second-order valence-corrected chi connectivity index (χ2v) is 7.36. The summed E-state index contributed by atoms with van der Waals surface area (Å²) in [6, 6.07) is 3.17. The monoisotopic (exact) mass is 404 g/mol. The molecular weight excluding hydrogens is 372 g/mol. The first-order valence-corrected chi connectivity index (χ1v) is 10.7. The molecule has 0 aliphatic rings. The summed E-state index contributed by atoms with van der Waals surface area (Å²) in [5.41, 5.74) is -1.14. The third kappa shape index (κ3) is 10.1. The smallest absolute Gasteiger partial charge is 0.338 e. The molecule has 0 amide bonds. The van der Waals surface area contributed by atoms with Crippen molar-refractivity contribution in [3.05, 3.63) is 34.9 Å². The predicted molar refractivity (Wildman–Crippen MR) is 106 cm³/mol. The van der Waals surface area contributed by atoms with Gasteiger partial charge in [0.2, 0.25) is 0 Å². The molecule has 1 aromatic carbocycles. The molecule has 1 rings (SSSR count). The van der Waals surface area contributed by atoms with E-state index in [1.165, 1.54) is 63.9 Å². The van der Waals surface area contributed by atoms with Gasteiger partial charge in [-0.3, -0.25) is 0 Å². The van der Waals surface area contributed by atoms with Crippen LogP contribution in [0.25, 0.3) is 0 Å². The zero-order valence-corrected chi connectivity index (χ0v) is 17.4. The van der Waals surface area contributed by atoms with Gasteiger partial charge in [0.25, 0.3) is 0 Å². The second-order valence-electron chi connectivity index (χ2n) is 7.36. The Morgan fingerprint density at radius 3 is 1.69 bits per heavy atom. The minimum Gasteiger partial charge on any atom is -0.545 e. The Labute approximate surface area is 173 Å². The largest absolute Gasteiger partial charge is 0.545 e. The summed E-state index contributed by atoms with van der Waals surface area (Å²) < 4.78 is 5.14. The number of rotatable bonds is 16. The minimum absolute atomic E-state index is 0.0202. The molecular formula is C23H32O6-2. The van der Waals surface area contributed by atoms with Crippen LogP contribution in [-0.4, -0.2) is 24.5 Å². The van der Waals surface area contributed by atoms with Crippen molar-refractivity contribution in [2.24, 2.45) is 0 Å². The molecule has 0 aliphatic heterocycles. The zero-order valence-electron chi connectivity index (χ0n) is 17.4. The Hall–Kier alpha value is -2.37. The van der Waals surface area contributed by atoms with Crippen LogP contribution in [-0.2, 0) is 4.74 Å². The van der Waals surface area contributed by atoms with Gasteiger partial charge in [0.15, 0.2) is 0 Å². The van der Waals surface area contributed by atoms with Gasteiger partial charge < -0.3 is 24.5 Å². The third-order valence-electron chi connectivity index (χ3n) is 4.93. The quantitative estimate of drug-likeness (QED) is 0.309. The number of carboxylic acids is 2. The highest BCUT2D eigenvalue weighted by atomic mass is 16.5. The number of carbonyl (C=O) groups excluding carboxylic acids is 3. The Morgan fingerprint density at radius 1 is 0.724 bits per heavy atom. The molecule has 29 heavy (non-hydrogen) atoms. The van der Waals surface area contributed by atoms with Gasteiger partial charge in [-0.1, -0.05) is 83.6 Å². The number of hydrogen-bond acceptors (Lipinski definition) is 6. The topological polar surface area (TPSA) is 107 Å². The number of ether oxygens (including phenoxy) is 1. The van der Waals surface area contributed by atoms with Crippen molar-refractivity contribution in [2.45, 2.75) is 84.0 Å². The lowest BCUT2D eigenvalue weighted by Gasteiger charge is -2.13. The van der Waals surface area contributed by atoms with E-state index in [4.69, 9.17) is 4.74 Å². The lowest BCUT2D eigenvalue weighted by atomic mass is 10.0. The third-order valence-corrected chi connectivity index (χ3v) is 4.93. The number of benzene rings is 1. The standard InChI is InChI=1S/C23H34O6/c1-2-3-4-5-6-7-8-9-10-11-12-13-16-29-23(28)18-14-15-19(21(24)25)20(17-18)22(26)27/h14-15,17H,2-13,16H2,1H3,(H,24,25)(H,26,27)/p-2. The lowest BCUT2D eigenvalue weighted by Crippen LogP contribution is -2.30. The van der Waals surface area contributed by atoms with E-state index in [0.717, 1.165) is 31.4 Å². The molecule has 162 valence electrons. The summed E-state index contributed by atoms with van der Waals surface area (Å²) in [7, 11) is 0. The summed E-state index contributed by atoms with van der Waals surface area (Å²) in [5.74, 6) is -4.00. The maximum absolute atomic E-state index is 12.0. The van der Waals surface area contributed by atoms with Crippen LogP contribution in [0, 0.1) is 0 Å². The van der Waals surface area contributed by atoms with Crippen molar-refractivity contribution in [1.29, 1.82) is 0 Å². The van der Waals surface area contributed by atoms with Gasteiger partial charge in [0.05, 0.1) is 24.1 Å². The number of carbonyl (C=O) groups is 3. The first-order valence-electron chi connectivity index (χ1n) is 10.7. The number of aromatic carboxylic acids is 2. The molecule has 0 saturated heterocycles. The molecule has 0 aromatic heterocycles. The van der Waals surface area contributed by atoms with Gasteiger partial charge in [-0.2, -0.15) is 0 Å². The molecule has 6 nitrogen and oxygen atoms in total. The van der Waals surface area contributed by atoms with Gasteiger partial charge in [-0.15, -0.1) is 0 Å². The predicted octanol–water partition coefficient (Wildman–Crippen LogP) is 3.27. The molecule has 1 aromatic rings. The number of hydrogen-bond donors (Lipinski definition) is 0. The number of carboxylic acid groups (broad SMARTS) is 2. The fourth-order valence-corrected chi connectivity index (χ4v) is 3.21. The molecule has 0 aliphatic carbocycles. The molecule has 0 saturated carbocycles. The molecule has 0 bridgehead atoms. The van der Waals surface area contributed by atoms with E-state index >= 15 is 0 Å². The van der Waals surface area contributed by atoms with Crippen LogP contribution in [0.15, 0.2) is 18.2 Å². The SMILES string of the molecule is CCCCCCCCCCCCCCOC(=O)c1ccc(C(=O)[O-])c(C(=O)[O-])c1. The molecule has 0 N–H and O–H groups in total. The van der Waals surface area contributed by atoms with Gasteiger partial charge >= 0.3 is 5.97 Å². The van der Waals surface area contributed by atoms with E-state index in [9.17, 15) is 24.6 Å². The molecule has 0 spiro atoms. The van der Waals surface area contributed by atoms with Crippen molar-refractivity contribution in [1.82, 2.24) is 0 Å². The van der Waals surface area contributed by atoms with E-state index in [0.29, 0.717) is 0 Å². The summed E-state index contributed by atoms with van der Waals surface area (Å²) in [6.07, 6.45) is 14.5. The van der Waals surface area contributed by atoms with Crippen molar-refractivity contribution < 1.29 is 29.3 Å². The Kier molecular flexibility index (Phi) is 12.4. The zero-order chi connectivity index (χ0) is 21.5. The summed E-state index contributed by atoms with van der Waals surface area (Å²) in [5, 5.41) is 21.9. The van der Waals surface area contributed by atoms with Gasteiger partial charge in [0, 0.05) is 11.1 Å². The number of esters is 1. The molecule has 6 heteroatoms. The Balaban J connectivity index is 2.16. The van der Waals surface area contributed by atoms with E-state index in [1.54, 1.807) is 0 Å². The van der Waals surface area contributed by atoms with Crippen LogP contribution in [0.1, 0.15) is 115 Å². The minimum atomic E-state index is -1.68. The van der Waals surface area contributed by atoms with Crippen molar-refractivity contribution >= 4 is 17.9 Å². The Bertz CT molecular complexity index is 653. The molecule has 0 fully saturated rings. The maximum atomic E-state index is 12.0. The second kappa shape index (κ2) is 14.6. The van der Waals surface area contributed by atoms with E-state index in [-0.39, 0.29) is 12.2 Å². The van der Waals surface area contributed by atoms with Crippen molar-refractivity contribution in [3.63, 3.8) is 0 Å². The molecule has 0 radical (unpaired) electrons. The maximum Gasteiger partial charge on any atom is 0.338 e. The van der Waals surface area contributed by atoms with Crippen molar-refractivity contribution in [2.75, 3.05) is 6.61 Å². The van der Waals surface area contributed by atoms with Gasteiger partial charge in [0.1, 0.15) is 0 Å². The fraction of sp³-hybridized carbons (Fsp3) is 0.609. The summed E-state index contributed by atoms with van der Waals surface area (Å²) in [6.45, 7) is 2.48. The molecule has 0 atom stereocenters. The highest BCUT2D eigenvalue weighted by molar-refractivity contribution is 6.02. The van der Waals surface area contributed by atoms with Crippen LogP contribution in [0.3, 0.4) is 0 Å². The first-order chi connectivity index (χ1) is 14.0. The lowest BCUT2D eigenvalue weighted by molar-refractivity contribution is -0.259. The van der Waals surface area contributed by atoms with Crippen LogP contribution in [0.2, 0.25) is 0 Å². The molecule has 0 heterocycles. The highest BCUT2D eigenvalue weighted by Crippen LogP contribution is 2.14. The van der Waals surface area contributed by atoms with Crippen LogP contribution in [0.4, 0.5) is 0 Å². The van der Waals surface area contributed by atoms with Crippen LogP contribution < -0.4 is 10.2 Å². The van der Waals surface area contributed by atoms with E-state index < -0.39 is 29.0 Å². The van der Waals surface area contributed by atoms with Gasteiger partial charge in [-0.05, 0) is 18.6 Å². The Morgan fingerprint density at radius 2 is 1.21 bits per heavy atom. The molecule has 0 unspecified atom stereocenters. The first kappa shape index (κ1) is 24.7. The van der Waals surface area contributed by atoms with E-state index in [1.807, 2.05) is 0 Å². The summed E-state index contributed by atoms with van der Waals surface area (Å²) >= 11 is 0. The van der Waals surface area contributed by atoms with Gasteiger partial charge in [-0.25, -0.2) is 4.79 Å². The number of unbranched alkanes of at least 4 members (excludes halogenated alkanes) is 11. The summed E-state index contributed by atoms with van der Waals surface area (Å²) in [4.78, 5) is 33.9. The van der Waals surface area contributed by atoms with E-state index in [2.05, 4.69) is 6.92 Å². The normalized spacial score (nSPS) is 10.7. The van der Waals surface area contributed by atoms with Crippen molar-refractivity contribution in [3.8, 4) is 0 Å². The van der Waals surface area contributed by atoms with Crippen LogP contribution >= 0.6 is 0 Å². The highest BCUT2D eigenvalue weighted by Gasteiger charge is 2.12. The van der Waals surface area contributed by atoms with Crippen LogP contribution in [0.5, 0.6) is 0 Å².